The fraction of sp³-hybridized carbons (Fsp3) is 0.500. The molecule has 0 bridgehead atoms. The Kier molecular flexibility index (Phi) is 5.05. The van der Waals surface area contributed by atoms with Crippen molar-refractivity contribution < 1.29 is 9.53 Å². The molecule has 19 heavy (non-hydrogen) atoms. The van der Waals surface area contributed by atoms with E-state index in [2.05, 4.69) is 10.6 Å². The van der Waals surface area contributed by atoms with E-state index in [-0.39, 0.29) is 5.91 Å². The lowest BCUT2D eigenvalue weighted by Crippen LogP contribution is -2.31. The fourth-order valence-corrected chi connectivity index (χ4v) is 2.53. The quantitative estimate of drug-likeness (QED) is 0.870. The molecule has 1 fully saturated rings. The van der Waals surface area contributed by atoms with Crippen LogP contribution >= 0.6 is 11.6 Å². The van der Waals surface area contributed by atoms with Crippen LogP contribution in [0.1, 0.15) is 24.8 Å². The Bertz CT molecular complexity index is 445. The average molecular weight is 283 g/mol. The summed E-state index contributed by atoms with van der Waals surface area (Å²) in [4.78, 5) is 11.8. The van der Waals surface area contributed by atoms with Crippen LogP contribution in [-0.2, 0) is 11.3 Å². The van der Waals surface area contributed by atoms with Gasteiger partial charge in [-0.05, 0) is 37.1 Å². The van der Waals surface area contributed by atoms with E-state index in [0.717, 1.165) is 24.9 Å². The Hall–Kier alpha value is -1.26. The molecule has 0 radical (unpaired) electrons. The highest BCUT2D eigenvalue weighted by molar-refractivity contribution is 6.32. The van der Waals surface area contributed by atoms with Crippen LogP contribution in [0.25, 0.3) is 0 Å². The minimum Gasteiger partial charge on any atom is -0.495 e. The standard InChI is InChI=1S/C14H19ClN2O2/c1-19-13-5-4-10(7-12(13)15)9-17-14(18)8-11-3-2-6-16-11/h4-5,7,11,16H,2-3,6,8-9H2,1H3,(H,17,18). The molecule has 1 aliphatic heterocycles. The number of carbonyl (C=O) groups excluding carboxylic acids is 1. The van der Waals surface area contributed by atoms with Gasteiger partial charge in [0.05, 0.1) is 12.1 Å². The van der Waals surface area contributed by atoms with Crippen molar-refractivity contribution in [2.45, 2.75) is 31.8 Å². The summed E-state index contributed by atoms with van der Waals surface area (Å²) in [5, 5.41) is 6.79. The normalized spacial score (nSPS) is 18.3. The summed E-state index contributed by atoms with van der Waals surface area (Å²) < 4.78 is 5.09. The third-order valence-corrected chi connectivity index (χ3v) is 3.60. The van der Waals surface area contributed by atoms with E-state index in [1.165, 1.54) is 0 Å². The number of benzene rings is 1. The highest BCUT2D eigenvalue weighted by Gasteiger charge is 2.17. The van der Waals surface area contributed by atoms with Crippen molar-refractivity contribution in [2.75, 3.05) is 13.7 Å². The molecule has 1 heterocycles. The molecule has 1 saturated heterocycles. The lowest BCUT2D eigenvalue weighted by atomic mass is 10.1. The van der Waals surface area contributed by atoms with Gasteiger partial charge in [-0.25, -0.2) is 0 Å². The van der Waals surface area contributed by atoms with E-state index in [9.17, 15) is 4.79 Å². The smallest absolute Gasteiger partial charge is 0.221 e. The monoisotopic (exact) mass is 282 g/mol. The van der Waals surface area contributed by atoms with Crippen molar-refractivity contribution in [3.8, 4) is 5.75 Å². The topological polar surface area (TPSA) is 50.4 Å². The molecular weight excluding hydrogens is 264 g/mol. The van der Waals surface area contributed by atoms with Crippen LogP contribution in [0.2, 0.25) is 5.02 Å². The number of rotatable bonds is 5. The number of hydrogen-bond donors (Lipinski definition) is 2. The Balaban J connectivity index is 1.81. The first kappa shape index (κ1) is 14.2. The maximum Gasteiger partial charge on any atom is 0.221 e. The molecule has 1 aliphatic rings. The number of nitrogens with one attached hydrogen (secondary N) is 2. The van der Waals surface area contributed by atoms with Crippen LogP contribution in [0.15, 0.2) is 18.2 Å². The molecular formula is C14H19ClN2O2. The maximum atomic E-state index is 11.8. The molecule has 1 atom stereocenters. The molecule has 0 saturated carbocycles. The second kappa shape index (κ2) is 6.78. The lowest BCUT2D eigenvalue weighted by molar-refractivity contribution is -0.121. The molecule has 1 aromatic rings. The zero-order valence-electron chi connectivity index (χ0n) is 11.0. The second-order valence-electron chi connectivity index (χ2n) is 4.74. The predicted molar refractivity (Wildman–Crippen MR) is 75.5 cm³/mol. The SMILES string of the molecule is COc1ccc(CNC(=O)CC2CCCN2)cc1Cl. The highest BCUT2D eigenvalue weighted by Crippen LogP contribution is 2.24. The summed E-state index contributed by atoms with van der Waals surface area (Å²) in [6.07, 6.45) is 2.79. The van der Waals surface area contributed by atoms with Gasteiger partial charge in [0.1, 0.15) is 5.75 Å². The maximum absolute atomic E-state index is 11.8. The minimum absolute atomic E-state index is 0.0753. The molecule has 0 aromatic heterocycles. The highest BCUT2D eigenvalue weighted by atomic mass is 35.5. The predicted octanol–water partition coefficient (Wildman–Crippen LogP) is 2.11. The van der Waals surface area contributed by atoms with Gasteiger partial charge >= 0.3 is 0 Å². The van der Waals surface area contributed by atoms with Gasteiger partial charge in [0, 0.05) is 19.0 Å². The molecule has 1 aromatic carbocycles. The molecule has 2 rings (SSSR count). The number of halogens is 1. The first-order chi connectivity index (χ1) is 9.19. The summed E-state index contributed by atoms with van der Waals surface area (Å²) >= 11 is 6.03. The fourth-order valence-electron chi connectivity index (χ4n) is 2.25. The number of ether oxygens (including phenoxy) is 1. The molecule has 1 unspecified atom stereocenters. The van der Waals surface area contributed by atoms with Crippen molar-refractivity contribution in [1.82, 2.24) is 10.6 Å². The van der Waals surface area contributed by atoms with Gasteiger partial charge in [0.15, 0.2) is 0 Å². The average Bonchev–Trinajstić information content (AvgIpc) is 2.89. The van der Waals surface area contributed by atoms with E-state index < -0.39 is 0 Å². The summed E-state index contributed by atoms with van der Waals surface area (Å²) in [5.74, 6) is 0.721. The number of methoxy groups -OCH3 is 1. The van der Waals surface area contributed by atoms with Crippen molar-refractivity contribution >= 4 is 17.5 Å². The minimum atomic E-state index is 0.0753. The van der Waals surface area contributed by atoms with Crippen molar-refractivity contribution in [3.63, 3.8) is 0 Å². The van der Waals surface area contributed by atoms with E-state index in [0.29, 0.717) is 29.8 Å². The van der Waals surface area contributed by atoms with Crippen LogP contribution in [0.5, 0.6) is 5.75 Å². The molecule has 1 amide bonds. The van der Waals surface area contributed by atoms with Gasteiger partial charge in [-0.15, -0.1) is 0 Å². The van der Waals surface area contributed by atoms with Crippen molar-refractivity contribution in [2.24, 2.45) is 0 Å². The Labute approximate surface area is 118 Å². The Morgan fingerprint density at radius 3 is 3.05 bits per heavy atom. The number of hydrogen-bond acceptors (Lipinski definition) is 3. The first-order valence-corrected chi connectivity index (χ1v) is 6.89. The largest absolute Gasteiger partial charge is 0.495 e. The van der Waals surface area contributed by atoms with Crippen molar-refractivity contribution in [1.29, 1.82) is 0 Å². The van der Waals surface area contributed by atoms with Crippen molar-refractivity contribution in [3.05, 3.63) is 28.8 Å². The molecule has 0 aliphatic carbocycles. The van der Waals surface area contributed by atoms with Gasteiger partial charge in [-0.2, -0.15) is 0 Å². The van der Waals surface area contributed by atoms with Crippen LogP contribution in [0.3, 0.4) is 0 Å². The van der Waals surface area contributed by atoms with Crippen LogP contribution in [-0.4, -0.2) is 25.6 Å². The first-order valence-electron chi connectivity index (χ1n) is 6.51. The zero-order chi connectivity index (χ0) is 13.7. The van der Waals surface area contributed by atoms with Gasteiger partial charge in [0.25, 0.3) is 0 Å². The van der Waals surface area contributed by atoms with E-state index in [4.69, 9.17) is 16.3 Å². The third-order valence-electron chi connectivity index (χ3n) is 3.30. The van der Waals surface area contributed by atoms with Gasteiger partial charge in [0.2, 0.25) is 5.91 Å². The van der Waals surface area contributed by atoms with Crippen LogP contribution < -0.4 is 15.4 Å². The second-order valence-corrected chi connectivity index (χ2v) is 5.15. The molecule has 4 nitrogen and oxygen atoms in total. The molecule has 2 N–H and O–H groups in total. The van der Waals surface area contributed by atoms with Gasteiger partial charge in [-0.3, -0.25) is 4.79 Å². The zero-order valence-corrected chi connectivity index (χ0v) is 11.8. The van der Waals surface area contributed by atoms with Gasteiger partial charge < -0.3 is 15.4 Å². The van der Waals surface area contributed by atoms with E-state index >= 15 is 0 Å². The van der Waals surface area contributed by atoms with E-state index in [1.54, 1.807) is 7.11 Å². The number of carbonyl (C=O) groups is 1. The number of amides is 1. The molecule has 104 valence electrons. The summed E-state index contributed by atoms with van der Waals surface area (Å²) in [7, 11) is 1.58. The third kappa shape index (κ3) is 4.11. The van der Waals surface area contributed by atoms with Crippen LogP contribution in [0, 0.1) is 0 Å². The molecule has 5 heteroatoms. The Morgan fingerprint density at radius 2 is 2.42 bits per heavy atom. The lowest BCUT2D eigenvalue weighted by Gasteiger charge is -2.11. The van der Waals surface area contributed by atoms with Gasteiger partial charge in [-0.1, -0.05) is 17.7 Å². The summed E-state index contributed by atoms with van der Waals surface area (Å²) in [5.41, 5.74) is 0.971. The van der Waals surface area contributed by atoms with E-state index in [1.807, 2.05) is 18.2 Å². The molecule has 0 spiro atoms. The summed E-state index contributed by atoms with van der Waals surface area (Å²) in [6, 6.07) is 5.86. The summed E-state index contributed by atoms with van der Waals surface area (Å²) in [6.45, 7) is 1.52. The Morgan fingerprint density at radius 1 is 1.58 bits per heavy atom. The van der Waals surface area contributed by atoms with Crippen LogP contribution in [0.4, 0.5) is 0 Å².